The van der Waals surface area contributed by atoms with Gasteiger partial charge in [-0.1, -0.05) is 0 Å². The van der Waals surface area contributed by atoms with Crippen LogP contribution in [0.25, 0.3) is 0 Å². The first-order valence-electron chi connectivity index (χ1n) is 11.9. The van der Waals surface area contributed by atoms with E-state index in [1.165, 1.54) is 28.4 Å². The summed E-state index contributed by atoms with van der Waals surface area (Å²) in [5.74, 6) is -0.623. The lowest BCUT2D eigenvalue weighted by Crippen LogP contribution is -2.50. The van der Waals surface area contributed by atoms with Crippen molar-refractivity contribution < 1.29 is 32.6 Å². The lowest BCUT2D eigenvalue weighted by Gasteiger charge is -2.34. The minimum atomic E-state index is -3.77. The van der Waals surface area contributed by atoms with E-state index >= 15 is 0 Å². The number of nitrogens with one attached hydrogen (secondary N) is 1. The number of piperazine rings is 1. The molecule has 2 aliphatic rings. The smallest absolute Gasteiger partial charge is 0.414 e. The molecule has 39 heavy (non-hydrogen) atoms. The van der Waals surface area contributed by atoms with Gasteiger partial charge in [0.15, 0.2) is 5.75 Å². The fourth-order valence-corrected chi connectivity index (χ4v) is 5.76. The number of cyclic esters (lactones) is 1. The molecule has 2 aromatic carbocycles. The number of benzene rings is 2. The van der Waals surface area contributed by atoms with E-state index in [1.54, 1.807) is 24.3 Å². The van der Waals surface area contributed by atoms with Gasteiger partial charge in [-0.2, -0.15) is 4.31 Å². The summed E-state index contributed by atoms with van der Waals surface area (Å²) in [6.45, 7) is 3.49. The third-order valence-corrected chi connectivity index (χ3v) is 8.00. The van der Waals surface area contributed by atoms with Crippen LogP contribution in [0.5, 0.6) is 5.75 Å². The molecule has 2 heterocycles. The Labute approximate surface area is 226 Å². The molecule has 1 atom stereocenters. The molecule has 15 heteroatoms. The number of amides is 1. The number of methoxy groups -OCH3 is 1. The van der Waals surface area contributed by atoms with Crippen LogP contribution in [0.2, 0.25) is 0 Å². The first-order chi connectivity index (χ1) is 18.3. The molecule has 0 aromatic heterocycles. The number of nitrogen functional groups attached to an aromatic ring is 3. The van der Waals surface area contributed by atoms with E-state index in [0.717, 1.165) is 6.92 Å². The van der Waals surface area contributed by atoms with Gasteiger partial charge in [-0.15, -0.1) is 0 Å². The van der Waals surface area contributed by atoms with E-state index in [9.17, 15) is 13.2 Å². The average molecular weight is 564 g/mol. The topological polar surface area (TPSA) is 219 Å². The highest BCUT2D eigenvalue weighted by Crippen LogP contribution is 2.33. The van der Waals surface area contributed by atoms with E-state index in [0.29, 0.717) is 37.4 Å². The molecule has 4 rings (SSSR count). The quantitative estimate of drug-likeness (QED) is 0.178. The molecule has 1 unspecified atom stereocenters. The monoisotopic (exact) mass is 563 g/mol. The minimum Gasteiger partial charge on any atom is -0.492 e. The van der Waals surface area contributed by atoms with Crippen molar-refractivity contribution in [3.8, 4) is 5.75 Å². The van der Waals surface area contributed by atoms with Gasteiger partial charge in [-0.3, -0.25) is 20.0 Å². The normalized spacial score (nSPS) is 18.2. The second kappa shape index (κ2) is 12.2. The molecule has 0 aliphatic carbocycles. The van der Waals surface area contributed by atoms with Gasteiger partial charge in [-0.25, -0.2) is 13.2 Å². The van der Waals surface area contributed by atoms with Gasteiger partial charge in [0.2, 0.25) is 10.0 Å². The van der Waals surface area contributed by atoms with E-state index in [4.69, 9.17) is 42.0 Å². The van der Waals surface area contributed by atoms with Crippen molar-refractivity contribution in [1.82, 2.24) is 9.21 Å². The Balaban J connectivity index is 0.000000983. The molecule has 0 saturated carbocycles. The zero-order valence-corrected chi connectivity index (χ0v) is 22.5. The summed E-state index contributed by atoms with van der Waals surface area (Å²) >= 11 is 0. The number of aliphatic carboxylic acids is 1. The van der Waals surface area contributed by atoms with E-state index in [2.05, 4.69) is 4.90 Å². The maximum Gasteiger partial charge on any atom is 0.414 e. The third-order valence-electron chi connectivity index (χ3n) is 6.12. The molecule has 0 spiro atoms. The van der Waals surface area contributed by atoms with Crippen LogP contribution in [0.3, 0.4) is 0 Å². The Morgan fingerprint density at radius 3 is 2.15 bits per heavy atom. The van der Waals surface area contributed by atoms with E-state index in [-0.39, 0.29) is 47.0 Å². The summed E-state index contributed by atoms with van der Waals surface area (Å²) in [6, 6.07) is 9.52. The van der Waals surface area contributed by atoms with Crippen LogP contribution >= 0.6 is 0 Å². The zero-order valence-electron chi connectivity index (χ0n) is 21.7. The molecule has 0 radical (unpaired) electrons. The Morgan fingerprint density at radius 2 is 1.67 bits per heavy atom. The Bertz CT molecular complexity index is 1300. The Morgan fingerprint density at radius 1 is 1.13 bits per heavy atom. The number of anilines is 3. The Kier molecular flexibility index (Phi) is 9.21. The van der Waals surface area contributed by atoms with E-state index < -0.39 is 22.1 Å². The summed E-state index contributed by atoms with van der Waals surface area (Å²) in [6.07, 6.45) is -0.791. The van der Waals surface area contributed by atoms with Gasteiger partial charge in [-0.05, 0) is 36.4 Å². The van der Waals surface area contributed by atoms with Crippen LogP contribution in [0.1, 0.15) is 12.5 Å². The van der Waals surface area contributed by atoms with Gasteiger partial charge < -0.3 is 31.8 Å². The first-order valence-corrected chi connectivity index (χ1v) is 13.3. The van der Waals surface area contributed by atoms with Gasteiger partial charge in [0.1, 0.15) is 11.9 Å². The number of carboxylic acids is 1. The predicted octanol–water partition coefficient (Wildman–Crippen LogP) is 0.566. The van der Waals surface area contributed by atoms with Crippen LogP contribution in [0.15, 0.2) is 41.3 Å². The molecule has 0 bridgehead atoms. The molecule has 2 saturated heterocycles. The summed E-state index contributed by atoms with van der Waals surface area (Å²) in [5.41, 5.74) is 18.8. The van der Waals surface area contributed by atoms with Crippen molar-refractivity contribution in [2.75, 3.05) is 62.7 Å². The number of rotatable bonds is 7. The number of carbonyl (C=O) groups is 2. The van der Waals surface area contributed by atoms with Crippen LogP contribution < -0.4 is 26.8 Å². The maximum absolute atomic E-state index is 13.1. The largest absolute Gasteiger partial charge is 0.492 e. The van der Waals surface area contributed by atoms with Crippen LogP contribution in [-0.2, 0) is 19.6 Å². The Hall–Kier alpha value is -4.08. The number of hydrogen-bond acceptors (Lipinski definition) is 10. The molecular weight excluding hydrogens is 530 g/mol. The summed E-state index contributed by atoms with van der Waals surface area (Å²) in [5, 5.41) is 14.9. The van der Waals surface area contributed by atoms with Crippen LogP contribution in [0.4, 0.5) is 21.9 Å². The summed E-state index contributed by atoms with van der Waals surface area (Å²) in [7, 11) is -2.36. The average Bonchev–Trinajstić information content (AvgIpc) is 3.23. The van der Waals surface area contributed by atoms with Crippen molar-refractivity contribution in [2.24, 2.45) is 5.73 Å². The molecule has 14 nitrogen and oxygen atoms in total. The number of nitrogens with two attached hydrogens (primary N) is 3. The fourth-order valence-electron chi connectivity index (χ4n) is 4.27. The predicted molar refractivity (Wildman–Crippen MR) is 145 cm³/mol. The number of hydrogen-bond donors (Lipinski definition) is 5. The number of carbonyl (C=O) groups excluding carboxylic acids is 1. The first kappa shape index (κ1) is 29.5. The lowest BCUT2D eigenvalue weighted by molar-refractivity contribution is -0.134. The molecule has 212 valence electrons. The molecular formula is C24H33N7O7S. The fraction of sp³-hybridized carbons (Fsp3) is 0.375. The van der Waals surface area contributed by atoms with Crippen LogP contribution in [0, 0.1) is 5.41 Å². The SMILES string of the molecule is CC(=O)O.COc1c(N)cc(S(=O)(=O)N2CCN(CC3CN(c4ccc(C(=N)N)cc4)C(=O)O3)CC2)cc1N. The number of nitrogens with zero attached hydrogens (tertiary/aromatic N) is 3. The second-order valence-electron chi connectivity index (χ2n) is 8.94. The van der Waals surface area contributed by atoms with Crippen molar-refractivity contribution in [3.63, 3.8) is 0 Å². The number of ether oxygens (including phenoxy) is 2. The minimum absolute atomic E-state index is 0.0258. The molecule has 2 aromatic rings. The van der Waals surface area contributed by atoms with Gasteiger partial charge in [0, 0.05) is 50.9 Å². The standard InChI is InChI=1S/C22H29N7O5S.C2H4O2/c1-33-20-18(23)10-17(11-19(20)24)35(31,32)28-8-6-27(7-9-28)12-16-13-29(22(30)34-16)15-4-2-14(3-5-15)21(25)26;1-2(3)4/h2-5,10-11,16H,6-9,12-13,23-24H2,1H3,(H3,25,26);1H3,(H,3,4). The van der Waals surface area contributed by atoms with Crippen molar-refractivity contribution in [1.29, 1.82) is 5.41 Å². The van der Waals surface area contributed by atoms with Crippen molar-refractivity contribution in [2.45, 2.75) is 17.9 Å². The highest BCUT2D eigenvalue weighted by atomic mass is 32.2. The van der Waals surface area contributed by atoms with Crippen molar-refractivity contribution >= 4 is 45.0 Å². The molecule has 2 aliphatic heterocycles. The third kappa shape index (κ3) is 7.07. The molecule has 2 fully saturated rings. The van der Waals surface area contributed by atoms with E-state index in [1.807, 2.05) is 0 Å². The summed E-state index contributed by atoms with van der Waals surface area (Å²) in [4.78, 5) is 25.0. The second-order valence-corrected chi connectivity index (χ2v) is 10.9. The van der Waals surface area contributed by atoms with Gasteiger partial charge in [0.05, 0.1) is 29.9 Å². The highest BCUT2D eigenvalue weighted by Gasteiger charge is 2.35. The number of sulfonamides is 1. The summed E-state index contributed by atoms with van der Waals surface area (Å²) < 4.78 is 38.2. The van der Waals surface area contributed by atoms with Crippen LogP contribution in [-0.4, -0.2) is 93.1 Å². The maximum atomic E-state index is 13.1. The van der Waals surface area contributed by atoms with Crippen molar-refractivity contribution in [3.05, 3.63) is 42.0 Å². The lowest BCUT2D eigenvalue weighted by atomic mass is 10.2. The van der Waals surface area contributed by atoms with Gasteiger partial charge >= 0.3 is 6.09 Å². The number of amidine groups is 1. The molecule has 1 amide bonds. The zero-order chi connectivity index (χ0) is 28.9. The molecule has 8 N–H and O–H groups in total. The highest BCUT2D eigenvalue weighted by molar-refractivity contribution is 7.89. The number of carboxylic acid groups (broad SMARTS) is 1. The van der Waals surface area contributed by atoms with Gasteiger partial charge in [0.25, 0.3) is 5.97 Å².